The highest BCUT2D eigenvalue weighted by molar-refractivity contribution is 5.79. The molecule has 0 aliphatic carbocycles. The lowest BCUT2D eigenvalue weighted by atomic mass is 9.91. The fraction of sp³-hybridized carbons (Fsp3) is 0.737. The molecule has 0 aromatic carbocycles. The van der Waals surface area contributed by atoms with Gasteiger partial charge in [0.05, 0.1) is 6.54 Å². The molecule has 7 heteroatoms. The lowest BCUT2D eigenvalue weighted by Gasteiger charge is -2.37. The Balaban J connectivity index is 1.58. The number of primary amides is 1. The predicted octanol–water partition coefficient (Wildman–Crippen LogP) is 1.37. The third kappa shape index (κ3) is 4.26. The minimum Gasteiger partial charge on any atom is -0.369 e. The summed E-state index contributed by atoms with van der Waals surface area (Å²) in [7, 11) is 0. The highest BCUT2D eigenvalue weighted by atomic mass is 16.2. The molecule has 1 aromatic rings. The van der Waals surface area contributed by atoms with Crippen molar-refractivity contribution in [3.8, 4) is 0 Å². The Bertz CT molecular complexity index is 634. The summed E-state index contributed by atoms with van der Waals surface area (Å²) in [5.41, 5.74) is 5.27. The van der Waals surface area contributed by atoms with Gasteiger partial charge in [-0.05, 0) is 52.6 Å². The van der Waals surface area contributed by atoms with Crippen LogP contribution in [0.5, 0.6) is 0 Å². The van der Waals surface area contributed by atoms with Crippen LogP contribution in [-0.2, 0) is 9.59 Å². The van der Waals surface area contributed by atoms with Gasteiger partial charge in [0.2, 0.25) is 11.8 Å². The summed E-state index contributed by atoms with van der Waals surface area (Å²) in [6.45, 7) is 7.78. The molecule has 0 bridgehead atoms. The first-order valence-electron chi connectivity index (χ1n) is 9.78. The standard InChI is InChI=1S/C19H31N5O2/c1-14(2)24-11-7-21-18(24)16-4-3-8-23(12-16)19(26)15-5-9-22(10-6-15)13-17(20)25/h7,11,14-16H,3-6,8-10,12-13H2,1-2H3,(H2,20,25)/t16-/m0/s1. The van der Waals surface area contributed by atoms with Crippen LogP contribution in [0.15, 0.2) is 12.4 Å². The van der Waals surface area contributed by atoms with E-state index in [1.807, 2.05) is 22.2 Å². The van der Waals surface area contributed by atoms with E-state index in [1.165, 1.54) is 0 Å². The maximum absolute atomic E-state index is 13.0. The Morgan fingerprint density at radius 2 is 1.96 bits per heavy atom. The van der Waals surface area contributed by atoms with Crippen LogP contribution in [0, 0.1) is 5.92 Å². The number of aromatic nitrogens is 2. The summed E-state index contributed by atoms with van der Waals surface area (Å²) in [6, 6.07) is 0.383. The SMILES string of the molecule is CC(C)n1ccnc1[C@H]1CCCN(C(=O)C2CCN(CC(N)=O)CC2)C1. The number of hydrogen-bond acceptors (Lipinski definition) is 4. The molecule has 2 amide bonds. The van der Waals surface area contributed by atoms with Gasteiger partial charge in [-0.25, -0.2) is 4.98 Å². The van der Waals surface area contributed by atoms with Crippen LogP contribution in [0.1, 0.15) is 57.3 Å². The average Bonchev–Trinajstić information content (AvgIpc) is 3.11. The van der Waals surface area contributed by atoms with E-state index in [0.29, 0.717) is 18.5 Å². The predicted molar refractivity (Wildman–Crippen MR) is 99.5 cm³/mol. The molecule has 144 valence electrons. The van der Waals surface area contributed by atoms with Crippen LogP contribution >= 0.6 is 0 Å². The van der Waals surface area contributed by atoms with Crippen molar-refractivity contribution in [2.75, 3.05) is 32.7 Å². The quantitative estimate of drug-likeness (QED) is 0.858. The Kier molecular flexibility index (Phi) is 5.96. The zero-order valence-electron chi connectivity index (χ0n) is 15.9. The Morgan fingerprint density at radius 3 is 2.62 bits per heavy atom. The molecule has 26 heavy (non-hydrogen) atoms. The zero-order chi connectivity index (χ0) is 18.7. The molecule has 0 radical (unpaired) electrons. The first-order chi connectivity index (χ1) is 12.5. The van der Waals surface area contributed by atoms with E-state index in [1.54, 1.807) is 0 Å². The Hall–Kier alpha value is -1.89. The summed E-state index contributed by atoms with van der Waals surface area (Å²) < 4.78 is 2.22. The van der Waals surface area contributed by atoms with Crippen molar-refractivity contribution in [1.29, 1.82) is 0 Å². The monoisotopic (exact) mass is 361 g/mol. The summed E-state index contributed by atoms with van der Waals surface area (Å²) in [4.78, 5) is 32.7. The van der Waals surface area contributed by atoms with Crippen molar-refractivity contribution < 1.29 is 9.59 Å². The van der Waals surface area contributed by atoms with Crippen molar-refractivity contribution in [3.05, 3.63) is 18.2 Å². The molecule has 3 heterocycles. The number of carbonyl (C=O) groups excluding carboxylic acids is 2. The van der Waals surface area contributed by atoms with Crippen molar-refractivity contribution in [3.63, 3.8) is 0 Å². The molecule has 3 rings (SSSR count). The largest absolute Gasteiger partial charge is 0.369 e. The van der Waals surface area contributed by atoms with Gasteiger partial charge in [-0.2, -0.15) is 0 Å². The van der Waals surface area contributed by atoms with E-state index >= 15 is 0 Å². The van der Waals surface area contributed by atoms with E-state index in [0.717, 1.165) is 57.7 Å². The minimum atomic E-state index is -0.297. The van der Waals surface area contributed by atoms with Gasteiger partial charge in [0.1, 0.15) is 5.82 Å². The Morgan fingerprint density at radius 1 is 1.23 bits per heavy atom. The van der Waals surface area contributed by atoms with Crippen molar-refractivity contribution in [1.82, 2.24) is 19.4 Å². The number of nitrogens with zero attached hydrogens (tertiary/aromatic N) is 4. The fourth-order valence-corrected chi connectivity index (χ4v) is 4.28. The molecule has 1 aromatic heterocycles. The smallest absolute Gasteiger partial charge is 0.231 e. The van der Waals surface area contributed by atoms with Crippen LogP contribution in [0.3, 0.4) is 0 Å². The van der Waals surface area contributed by atoms with E-state index in [4.69, 9.17) is 5.73 Å². The summed E-state index contributed by atoms with van der Waals surface area (Å²) in [5, 5.41) is 0. The molecule has 2 N–H and O–H groups in total. The number of carbonyl (C=O) groups is 2. The molecule has 0 unspecified atom stereocenters. The number of imidazole rings is 1. The second kappa shape index (κ2) is 8.20. The van der Waals surface area contributed by atoms with E-state index in [9.17, 15) is 9.59 Å². The van der Waals surface area contributed by atoms with Crippen LogP contribution in [0.2, 0.25) is 0 Å². The molecule has 1 atom stereocenters. The first kappa shape index (κ1) is 18.9. The number of hydrogen-bond donors (Lipinski definition) is 1. The zero-order valence-corrected chi connectivity index (χ0v) is 15.9. The molecule has 2 aliphatic heterocycles. The minimum absolute atomic E-state index is 0.0720. The van der Waals surface area contributed by atoms with Crippen LogP contribution < -0.4 is 5.73 Å². The third-order valence-corrected chi connectivity index (χ3v) is 5.67. The fourth-order valence-electron chi connectivity index (χ4n) is 4.28. The summed E-state index contributed by atoms with van der Waals surface area (Å²) >= 11 is 0. The van der Waals surface area contributed by atoms with Gasteiger partial charge in [-0.1, -0.05) is 0 Å². The highest BCUT2D eigenvalue weighted by Gasteiger charge is 2.33. The molecule has 7 nitrogen and oxygen atoms in total. The molecular weight excluding hydrogens is 330 g/mol. The average molecular weight is 361 g/mol. The number of rotatable bonds is 5. The van der Waals surface area contributed by atoms with Crippen LogP contribution in [0.4, 0.5) is 0 Å². The first-order valence-corrected chi connectivity index (χ1v) is 9.78. The third-order valence-electron chi connectivity index (χ3n) is 5.67. The van der Waals surface area contributed by atoms with Gasteiger partial charge in [0, 0.05) is 43.4 Å². The van der Waals surface area contributed by atoms with E-state index < -0.39 is 0 Å². The van der Waals surface area contributed by atoms with Crippen LogP contribution in [0.25, 0.3) is 0 Å². The van der Waals surface area contributed by atoms with Crippen molar-refractivity contribution in [2.24, 2.45) is 11.7 Å². The number of likely N-dealkylation sites (tertiary alicyclic amines) is 2. The number of amides is 2. The molecule has 2 aliphatic rings. The van der Waals surface area contributed by atoms with E-state index in [2.05, 4.69) is 23.4 Å². The molecular formula is C19H31N5O2. The molecule has 2 fully saturated rings. The summed E-state index contributed by atoms with van der Waals surface area (Å²) in [5.74, 6) is 1.47. The van der Waals surface area contributed by atoms with E-state index in [-0.39, 0.29) is 17.7 Å². The molecule has 0 saturated carbocycles. The van der Waals surface area contributed by atoms with Crippen molar-refractivity contribution in [2.45, 2.75) is 51.5 Å². The Labute approximate surface area is 155 Å². The van der Waals surface area contributed by atoms with Gasteiger partial charge in [0.25, 0.3) is 0 Å². The number of piperidine rings is 2. The van der Waals surface area contributed by atoms with Gasteiger partial charge in [0.15, 0.2) is 0 Å². The van der Waals surface area contributed by atoms with Gasteiger partial charge in [-0.15, -0.1) is 0 Å². The maximum atomic E-state index is 13.0. The second-order valence-electron chi connectivity index (χ2n) is 7.93. The lowest BCUT2D eigenvalue weighted by molar-refractivity contribution is -0.138. The molecule has 0 spiro atoms. The topological polar surface area (TPSA) is 84.5 Å². The van der Waals surface area contributed by atoms with Crippen LogP contribution in [-0.4, -0.2) is 63.9 Å². The lowest BCUT2D eigenvalue weighted by Crippen LogP contribution is -2.47. The van der Waals surface area contributed by atoms with Gasteiger partial charge in [-0.3, -0.25) is 14.5 Å². The summed E-state index contributed by atoms with van der Waals surface area (Å²) in [6.07, 6.45) is 7.65. The van der Waals surface area contributed by atoms with Gasteiger partial charge >= 0.3 is 0 Å². The second-order valence-corrected chi connectivity index (χ2v) is 7.93. The normalized spacial score (nSPS) is 22.7. The van der Waals surface area contributed by atoms with Crippen molar-refractivity contribution >= 4 is 11.8 Å². The highest BCUT2D eigenvalue weighted by Crippen LogP contribution is 2.29. The number of nitrogens with two attached hydrogens (primary N) is 1. The van der Waals surface area contributed by atoms with Gasteiger partial charge < -0.3 is 15.2 Å². The maximum Gasteiger partial charge on any atom is 0.231 e. The molecule has 2 saturated heterocycles.